The van der Waals surface area contributed by atoms with Crippen LogP contribution in [0.5, 0.6) is 0 Å². The summed E-state index contributed by atoms with van der Waals surface area (Å²) in [6, 6.07) is 13.9. The second-order valence-electron chi connectivity index (χ2n) is 5.28. The van der Waals surface area contributed by atoms with Crippen LogP contribution in [0.15, 0.2) is 41.2 Å². The van der Waals surface area contributed by atoms with Crippen molar-refractivity contribution < 1.29 is 0 Å². The average molecular weight is 273 g/mol. The summed E-state index contributed by atoms with van der Waals surface area (Å²) in [5, 5.41) is 10.2. The molecule has 0 N–H and O–H groups in total. The van der Waals surface area contributed by atoms with E-state index < -0.39 is 0 Å². The van der Waals surface area contributed by atoms with Crippen LogP contribution in [0.2, 0.25) is 0 Å². The van der Waals surface area contributed by atoms with E-state index in [1.54, 1.807) is 11.5 Å². The molecule has 21 heavy (non-hydrogen) atoms. The van der Waals surface area contributed by atoms with Crippen molar-refractivity contribution in [2.24, 2.45) is 0 Å². The Labute approximate surface area is 120 Å². The number of nitrogens with zero attached hydrogens (tertiary/aromatic N) is 3. The van der Waals surface area contributed by atoms with Gasteiger partial charge in [-0.05, 0) is 30.7 Å². The Balaban J connectivity index is 2.07. The maximum Gasteiger partial charge on any atom is 0.269 e. The van der Waals surface area contributed by atoms with E-state index in [0.29, 0.717) is 12.1 Å². The van der Waals surface area contributed by atoms with Crippen molar-refractivity contribution >= 4 is 10.9 Å². The number of nitriles is 1. The first-order valence-corrected chi connectivity index (χ1v) is 6.72. The number of rotatable bonds is 0. The van der Waals surface area contributed by atoms with Gasteiger partial charge in [-0.2, -0.15) is 5.26 Å². The fraction of sp³-hybridized carbons (Fsp3) is 0.118. The summed E-state index contributed by atoms with van der Waals surface area (Å²) in [5.41, 5.74) is 4.29. The van der Waals surface area contributed by atoms with E-state index in [1.165, 1.54) is 0 Å². The lowest BCUT2D eigenvalue weighted by atomic mass is 10.1. The van der Waals surface area contributed by atoms with E-state index in [1.807, 2.05) is 36.4 Å². The fourth-order valence-electron chi connectivity index (χ4n) is 2.93. The minimum absolute atomic E-state index is 0.219. The van der Waals surface area contributed by atoms with Crippen LogP contribution in [0.3, 0.4) is 0 Å². The monoisotopic (exact) mass is 273 g/mol. The maximum absolute atomic E-state index is 12.4. The van der Waals surface area contributed by atoms with Crippen molar-refractivity contribution in [3.63, 3.8) is 0 Å². The van der Waals surface area contributed by atoms with Gasteiger partial charge in [0.1, 0.15) is 11.6 Å². The molecule has 0 fully saturated rings. The van der Waals surface area contributed by atoms with Crippen LogP contribution in [0, 0.1) is 18.3 Å². The van der Waals surface area contributed by atoms with E-state index in [0.717, 1.165) is 27.9 Å². The van der Waals surface area contributed by atoms with Gasteiger partial charge >= 0.3 is 0 Å². The normalized spacial score (nSPS) is 12.0. The van der Waals surface area contributed by atoms with Gasteiger partial charge in [0.15, 0.2) is 0 Å². The molecule has 0 atom stereocenters. The first-order valence-electron chi connectivity index (χ1n) is 6.72. The third-order valence-corrected chi connectivity index (χ3v) is 3.98. The highest BCUT2D eigenvalue weighted by molar-refractivity contribution is 5.84. The average Bonchev–Trinajstić information content (AvgIpc) is 2.83. The van der Waals surface area contributed by atoms with Crippen LogP contribution in [0.1, 0.15) is 16.7 Å². The molecular weight excluding hydrogens is 262 g/mol. The number of hydrogen-bond acceptors (Lipinski definition) is 3. The molecule has 0 aliphatic carbocycles. The van der Waals surface area contributed by atoms with Crippen LogP contribution >= 0.6 is 0 Å². The van der Waals surface area contributed by atoms with Gasteiger partial charge in [0.2, 0.25) is 0 Å². The summed E-state index contributed by atoms with van der Waals surface area (Å²) in [7, 11) is 0. The molecule has 0 radical (unpaired) electrons. The molecule has 1 aliphatic rings. The molecule has 4 rings (SSSR count). The third-order valence-electron chi connectivity index (χ3n) is 3.98. The topological polar surface area (TPSA) is 58.7 Å². The zero-order valence-corrected chi connectivity index (χ0v) is 11.4. The molecule has 3 aromatic rings. The number of aryl methyl sites for hydroxylation is 1. The molecule has 1 aliphatic heterocycles. The Morgan fingerprint density at radius 2 is 2.10 bits per heavy atom. The fourth-order valence-corrected chi connectivity index (χ4v) is 2.93. The molecule has 0 unspecified atom stereocenters. The van der Waals surface area contributed by atoms with Crippen LogP contribution in [0.25, 0.3) is 22.3 Å². The first-order chi connectivity index (χ1) is 10.2. The van der Waals surface area contributed by atoms with Crippen molar-refractivity contribution in [3.8, 4) is 17.5 Å². The molecule has 1 aromatic carbocycles. The Morgan fingerprint density at radius 3 is 2.90 bits per heavy atom. The Hall–Kier alpha value is -2.93. The molecule has 0 saturated carbocycles. The van der Waals surface area contributed by atoms with Gasteiger partial charge < -0.3 is 4.57 Å². The minimum atomic E-state index is -0.227. The number of benzene rings is 1. The van der Waals surface area contributed by atoms with E-state index in [4.69, 9.17) is 10.2 Å². The van der Waals surface area contributed by atoms with E-state index in [2.05, 4.69) is 6.07 Å². The summed E-state index contributed by atoms with van der Waals surface area (Å²) < 4.78 is 1.64. The zero-order valence-electron chi connectivity index (χ0n) is 11.4. The Kier molecular flexibility index (Phi) is 2.28. The lowest BCUT2D eigenvalue weighted by Gasteiger charge is -2.05. The van der Waals surface area contributed by atoms with Gasteiger partial charge in [-0.3, -0.25) is 4.79 Å². The van der Waals surface area contributed by atoms with Crippen LogP contribution < -0.4 is 5.56 Å². The summed E-state index contributed by atoms with van der Waals surface area (Å²) in [6.45, 7) is 2.27. The van der Waals surface area contributed by atoms with Gasteiger partial charge in [0.05, 0.1) is 23.4 Å². The van der Waals surface area contributed by atoms with Gasteiger partial charge in [-0.15, -0.1) is 0 Å². The summed E-state index contributed by atoms with van der Waals surface area (Å²) >= 11 is 0. The second kappa shape index (κ2) is 4.03. The summed E-state index contributed by atoms with van der Waals surface area (Å²) in [5.74, 6) is 0. The van der Waals surface area contributed by atoms with E-state index in [9.17, 15) is 4.79 Å². The minimum Gasteiger partial charge on any atom is -0.301 e. The maximum atomic E-state index is 12.4. The highest BCUT2D eigenvalue weighted by atomic mass is 16.1. The quantitative estimate of drug-likeness (QED) is 0.495. The lowest BCUT2D eigenvalue weighted by Crippen LogP contribution is -2.22. The third kappa shape index (κ3) is 1.55. The zero-order chi connectivity index (χ0) is 14.6. The second-order valence-corrected chi connectivity index (χ2v) is 5.28. The standard InChI is InChI=1S/C17H11N3O/c1-10-6-15-16-12(9-20(15)17(21)13(10)8-18)7-11-4-2-3-5-14(11)19-16/h2-7H,9H2,1H3. The lowest BCUT2D eigenvalue weighted by molar-refractivity contribution is 0.797. The van der Waals surface area contributed by atoms with E-state index in [-0.39, 0.29) is 11.1 Å². The predicted molar refractivity (Wildman–Crippen MR) is 80.0 cm³/mol. The molecule has 0 bridgehead atoms. The Morgan fingerprint density at radius 1 is 1.29 bits per heavy atom. The molecule has 2 aromatic heterocycles. The number of hydrogen-bond donors (Lipinski definition) is 0. The number of fused-ring (bicyclic) bond motifs is 4. The molecule has 4 heteroatoms. The number of aromatic nitrogens is 2. The van der Waals surface area contributed by atoms with Crippen LogP contribution in [0.4, 0.5) is 0 Å². The molecule has 4 nitrogen and oxygen atoms in total. The first kappa shape index (κ1) is 11.9. The molecule has 3 heterocycles. The van der Waals surface area contributed by atoms with Crippen molar-refractivity contribution in [2.45, 2.75) is 13.5 Å². The number of pyridine rings is 2. The molecule has 100 valence electrons. The van der Waals surface area contributed by atoms with Crippen molar-refractivity contribution in [1.29, 1.82) is 5.26 Å². The smallest absolute Gasteiger partial charge is 0.269 e. The highest BCUT2D eigenvalue weighted by Crippen LogP contribution is 2.32. The van der Waals surface area contributed by atoms with Crippen molar-refractivity contribution in [3.05, 3.63) is 63.4 Å². The summed E-state index contributed by atoms with van der Waals surface area (Å²) in [6.07, 6.45) is 0. The van der Waals surface area contributed by atoms with Crippen LogP contribution in [-0.4, -0.2) is 9.55 Å². The van der Waals surface area contributed by atoms with E-state index >= 15 is 0 Å². The van der Waals surface area contributed by atoms with Gasteiger partial charge in [-0.25, -0.2) is 4.98 Å². The molecule has 0 saturated heterocycles. The SMILES string of the molecule is Cc1cc2n(c(=O)c1C#N)Cc1cc3ccccc3nc1-2. The number of para-hydroxylation sites is 1. The Bertz CT molecular complexity index is 1010. The van der Waals surface area contributed by atoms with Gasteiger partial charge in [0.25, 0.3) is 5.56 Å². The molecule has 0 spiro atoms. The van der Waals surface area contributed by atoms with Crippen molar-refractivity contribution in [1.82, 2.24) is 9.55 Å². The molecular formula is C17H11N3O. The summed E-state index contributed by atoms with van der Waals surface area (Å²) in [4.78, 5) is 17.1. The van der Waals surface area contributed by atoms with Crippen LogP contribution in [-0.2, 0) is 6.54 Å². The van der Waals surface area contributed by atoms with Gasteiger partial charge in [0, 0.05) is 10.9 Å². The largest absolute Gasteiger partial charge is 0.301 e. The molecule has 0 amide bonds. The predicted octanol–water partition coefficient (Wildman–Crippen LogP) is 2.61. The highest BCUT2D eigenvalue weighted by Gasteiger charge is 2.23. The van der Waals surface area contributed by atoms with Crippen molar-refractivity contribution in [2.75, 3.05) is 0 Å². The van der Waals surface area contributed by atoms with Gasteiger partial charge in [-0.1, -0.05) is 18.2 Å².